The number of carbonyl (C=O) groups is 1. The summed E-state index contributed by atoms with van der Waals surface area (Å²) in [5.41, 5.74) is 0.537. The molecule has 2 saturated heterocycles. The predicted octanol–water partition coefficient (Wildman–Crippen LogP) is 1.82. The van der Waals surface area contributed by atoms with Gasteiger partial charge in [-0.1, -0.05) is 0 Å². The molecule has 2 aliphatic heterocycles. The van der Waals surface area contributed by atoms with Crippen LogP contribution in [0.4, 0.5) is 11.5 Å². The van der Waals surface area contributed by atoms with E-state index < -0.39 is 11.2 Å². The number of aryl methyl sites for hydroxylation is 1. The van der Waals surface area contributed by atoms with Gasteiger partial charge in [-0.3, -0.25) is 9.48 Å². The Bertz CT molecular complexity index is 1240. The molecule has 0 aliphatic carbocycles. The van der Waals surface area contributed by atoms with Crippen LogP contribution in [0, 0.1) is 0 Å². The van der Waals surface area contributed by atoms with Gasteiger partial charge in [-0.05, 0) is 51.8 Å². The maximum absolute atomic E-state index is 12.2. The van der Waals surface area contributed by atoms with Gasteiger partial charge >= 0.3 is 5.97 Å². The molecule has 10 heteroatoms. The van der Waals surface area contributed by atoms with Crippen molar-refractivity contribution in [3.8, 4) is 0 Å². The lowest BCUT2D eigenvalue weighted by Gasteiger charge is -2.39. The number of esters is 1. The van der Waals surface area contributed by atoms with Gasteiger partial charge in [0.2, 0.25) is 0 Å². The number of nitrogens with one attached hydrogen (secondary N) is 1. The van der Waals surface area contributed by atoms with Crippen LogP contribution in [-0.2, 0) is 26.2 Å². The van der Waals surface area contributed by atoms with Crippen molar-refractivity contribution in [2.75, 3.05) is 29.4 Å². The lowest BCUT2D eigenvalue weighted by atomic mass is 9.88. The van der Waals surface area contributed by atoms with Gasteiger partial charge in [0.1, 0.15) is 17.2 Å². The number of anilines is 2. The summed E-state index contributed by atoms with van der Waals surface area (Å²) >= 11 is 0. The zero-order valence-electron chi connectivity index (χ0n) is 20.6. The van der Waals surface area contributed by atoms with Crippen LogP contribution in [-0.4, -0.2) is 63.6 Å². The highest BCUT2D eigenvalue weighted by atomic mass is 16.6. The summed E-state index contributed by atoms with van der Waals surface area (Å²) in [6, 6.07) is 5.98. The van der Waals surface area contributed by atoms with Gasteiger partial charge in [0.15, 0.2) is 17.6 Å². The van der Waals surface area contributed by atoms with E-state index in [0.717, 1.165) is 16.6 Å². The summed E-state index contributed by atoms with van der Waals surface area (Å²) in [4.78, 5) is 38.6. The smallest absolute Gasteiger partial charge is 0.309 e. The second-order valence-corrected chi connectivity index (χ2v) is 10.2. The number of hydrogen-bond donors (Lipinski definition) is 2. The fourth-order valence-electron chi connectivity index (χ4n) is 4.60. The Balaban J connectivity index is 1.50. The average molecular weight is 482 g/mol. The van der Waals surface area contributed by atoms with Crippen molar-refractivity contribution >= 4 is 40.3 Å². The molecule has 3 heterocycles. The molecule has 1 aromatic carbocycles. The molecule has 186 valence electrons. The number of hydrogen-bond acceptors (Lipinski definition) is 9. The van der Waals surface area contributed by atoms with E-state index in [1.165, 1.54) is 0 Å². The number of rotatable bonds is 4. The molecule has 0 bridgehead atoms. The van der Waals surface area contributed by atoms with Gasteiger partial charge in [-0.25, -0.2) is 9.59 Å². The van der Waals surface area contributed by atoms with Crippen molar-refractivity contribution in [2.24, 2.45) is 7.05 Å². The van der Waals surface area contributed by atoms with Crippen LogP contribution < -0.4 is 15.1 Å². The molecule has 2 aliphatic rings. The summed E-state index contributed by atoms with van der Waals surface area (Å²) in [5.74, 6) is 4.02. The van der Waals surface area contributed by atoms with Crippen LogP contribution in [0.15, 0.2) is 29.7 Å². The van der Waals surface area contributed by atoms with Crippen LogP contribution in [0.25, 0.3) is 10.9 Å². The number of nitrogens with zero attached hydrogens (tertiary/aromatic N) is 4. The Morgan fingerprint density at radius 1 is 1.20 bits per heavy atom. The third-order valence-electron chi connectivity index (χ3n) is 6.37. The highest BCUT2D eigenvalue weighted by molar-refractivity contribution is 5.94. The third kappa shape index (κ3) is 5.25. The number of carbonyl (C=O) groups excluding carboxylic acids is 3. The molecule has 0 spiro atoms. The Hall–Kier alpha value is -3.58. The lowest BCUT2D eigenvalue weighted by molar-refractivity contribution is -0.161. The van der Waals surface area contributed by atoms with Crippen LogP contribution in [0.3, 0.4) is 0 Å². The van der Waals surface area contributed by atoms with Crippen LogP contribution in [0.1, 0.15) is 46.5 Å². The molecule has 0 unspecified atom stereocenters. The zero-order chi connectivity index (χ0) is 25.4. The van der Waals surface area contributed by atoms with Gasteiger partial charge in [-0.2, -0.15) is 5.10 Å². The van der Waals surface area contributed by atoms with Crippen molar-refractivity contribution in [1.29, 1.82) is 0 Å². The SMILES string of the molecule is Cn1nc(N2CCC(=C=O)NC2=C=O)c2ccc(N3CCC(O)(CC(=O)OC(C)(C)C)CC3)cc21. The van der Waals surface area contributed by atoms with Gasteiger partial charge in [-0.15, -0.1) is 0 Å². The molecular weight excluding hydrogens is 450 g/mol. The van der Waals surface area contributed by atoms with Crippen LogP contribution in [0.2, 0.25) is 0 Å². The van der Waals surface area contributed by atoms with Crippen LogP contribution >= 0.6 is 0 Å². The Morgan fingerprint density at radius 2 is 1.91 bits per heavy atom. The molecule has 1 aromatic heterocycles. The molecule has 2 fully saturated rings. The van der Waals surface area contributed by atoms with Crippen molar-refractivity contribution in [3.63, 3.8) is 0 Å². The molecule has 2 aromatic rings. The minimum Gasteiger partial charge on any atom is -0.460 e. The Labute approximate surface area is 203 Å². The fourth-order valence-corrected chi connectivity index (χ4v) is 4.60. The largest absolute Gasteiger partial charge is 0.460 e. The van der Waals surface area contributed by atoms with E-state index in [9.17, 15) is 19.5 Å². The van der Waals surface area contributed by atoms with E-state index in [2.05, 4.69) is 15.3 Å². The maximum Gasteiger partial charge on any atom is 0.309 e. The maximum atomic E-state index is 12.2. The molecular formula is C25H31N5O5. The molecule has 0 amide bonds. The number of benzene rings is 1. The zero-order valence-corrected chi connectivity index (χ0v) is 20.6. The Morgan fingerprint density at radius 3 is 2.54 bits per heavy atom. The summed E-state index contributed by atoms with van der Waals surface area (Å²) in [7, 11) is 1.84. The highest BCUT2D eigenvalue weighted by Crippen LogP contribution is 2.34. The van der Waals surface area contributed by atoms with E-state index in [1.807, 2.05) is 52.0 Å². The number of ether oxygens (including phenoxy) is 1. The van der Waals surface area contributed by atoms with Gasteiger partial charge < -0.3 is 25.0 Å². The second-order valence-electron chi connectivity index (χ2n) is 10.2. The van der Waals surface area contributed by atoms with Crippen molar-refractivity contribution in [3.05, 3.63) is 29.7 Å². The molecule has 0 atom stereocenters. The number of fused-ring (bicyclic) bond motifs is 1. The van der Waals surface area contributed by atoms with E-state index in [1.54, 1.807) is 15.5 Å². The van der Waals surface area contributed by atoms with E-state index >= 15 is 0 Å². The number of aliphatic hydroxyl groups is 1. The average Bonchev–Trinajstić information content (AvgIpc) is 3.13. The number of aromatic nitrogens is 2. The van der Waals surface area contributed by atoms with Crippen molar-refractivity contribution in [2.45, 2.75) is 57.7 Å². The van der Waals surface area contributed by atoms with Gasteiger partial charge in [0.25, 0.3) is 0 Å². The molecule has 2 N–H and O–H groups in total. The topological polar surface area (TPSA) is 117 Å². The predicted molar refractivity (Wildman–Crippen MR) is 131 cm³/mol. The first-order valence-electron chi connectivity index (χ1n) is 11.7. The minimum absolute atomic E-state index is 0.0142. The highest BCUT2D eigenvalue weighted by Gasteiger charge is 2.36. The Kier molecular flexibility index (Phi) is 6.47. The molecule has 0 radical (unpaired) electrons. The second kappa shape index (κ2) is 9.23. The standard InChI is InChI=1S/C25H31N5O5/c1-24(2,3)35-22(33)14-25(34)8-11-29(12-9-25)18-5-6-19-20(13-18)28(4)27-23(19)30-10-7-17(15-31)26-21(30)16-32/h5-6,13,26,34H,7-12,14H2,1-4H3. The number of piperidine rings is 1. The lowest BCUT2D eigenvalue weighted by Crippen LogP contribution is -2.46. The molecule has 10 nitrogen and oxygen atoms in total. The van der Waals surface area contributed by atoms with Crippen LogP contribution in [0.5, 0.6) is 0 Å². The summed E-state index contributed by atoms with van der Waals surface area (Å²) < 4.78 is 7.14. The van der Waals surface area contributed by atoms with Crippen molar-refractivity contribution < 1.29 is 24.2 Å². The quantitative estimate of drug-likeness (QED) is 0.498. The third-order valence-corrected chi connectivity index (χ3v) is 6.37. The van der Waals surface area contributed by atoms with Gasteiger partial charge in [0, 0.05) is 44.2 Å². The first kappa shape index (κ1) is 24.5. The summed E-state index contributed by atoms with van der Waals surface area (Å²) in [6.45, 7) is 7.06. The van der Waals surface area contributed by atoms with Gasteiger partial charge in [0.05, 0.1) is 17.5 Å². The van der Waals surface area contributed by atoms with Crippen molar-refractivity contribution in [1.82, 2.24) is 15.1 Å². The summed E-state index contributed by atoms with van der Waals surface area (Å²) in [6.07, 6.45) is 1.32. The van der Waals surface area contributed by atoms with E-state index in [-0.39, 0.29) is 18.2 Å². The first-order valence-corrected chi connectivity index (χ1v) is 11.7. The van der Waals surface area contributed by atoms with E-state index in [0.29, 0.717) is 50.4 Å². The summed E-state index contributed by atoms with van der Waals surface area (Å²) in [5, 5.41) is 19.2. The molecule has 35 heavy (non-hydrogen) atoms. The fraction of sp³-hybridized carbons (Fsp3) is 0.520. The normalized spacial score (nSPS) is 18.2. The minimum atomic E-state index is -1.07. The first-order chi connectivity index (χ1) is 16.5. The molecule has 0 saturated carbocycles. The monoisotopic (exact) mass is 481 g/mol. The van der Waals surface area contributed by atoms with E-state index in [4.69, 9.17) is 4.74 Å². The molecule has 4 rings (SSSR count).